The number of sulfonamides is 1. The van der Waals surface area contributed by atoms with Gasteiger partial charge in [-0.1, -0.05) is 6.07 Å². The molecule has 0 aliphatic carbocycles. The van der Waals surface area contributed by atoms with Gasteiger partial charge in [0, 0.05) is 18.0 Å². The maximum Gasteiger partial charge on any atom is 0.262 e. The largest absolute Gasteiger partial charge is 0.497 e. The highest BCUT2D eigenvalue weighted by Crippen LogP contribution is 2.20. The van der Waals surface area contributed by atoms with E-state index in [1.165, 1.54) is 19.2 Å². The summed E-state index contributed by atoms with van der Waals surface area (Å²) in [5.41, 5.74) is 1.22. The predicted molar refractivity (Wildman–Crippen MR) is 72.8 cm³/mol. The van der Waals surface area contributed by atoms with Crippen molar-refractivity contribution < 1.29 is 13.2 Å². The lowest BCUT2D eigenvalue weighted by atomic mass is 10.3. The topological polar surface area (TPSA) is 68.3 Å². The van der Waals surface area contributed by atoms with Crippen molar-refractivity contribution >= 4 is 15.7 Å². The van der Waals surface area contributed by atoms with Crippen molar-refractivity contribution in [3.05, 3.63) is 48.3 Å². The molecule has 0 amide bonds. The summed E-state index contributed by atoms with van der Waals surface area (Å²) in [6.07, 6.45) is 1.55. The number of pyridine rings is 1. The maximum absolute atomic E-state index is 12.2. The summed E-state index contributed by atoms with van der Waals surface area (Å²) in [6, 6.07) is 9.57. The quantitative estimate of drug-likeness (QED) is 0.931. The van der Waals surface area contributed by atoms with Crippen LogP contribution in [0.5, 0.6) is 5.75 Å². The minimum atomic E-state index is -3.62. The minimum Gasteiger partial charge on any atom is -0.497 e. The number of aryl methyl sites for hydroxylation is 1. The van der Waals surface area contributed by atoms with Crippen molar-refractivity contribution in [2.45, 2.75) is 11.8 Å². The molecular weight excluding hydrogens is 264 g/mol. The lowest BCUT2D eigenvalue weighted by Gasteiger charge is -2.09. The second kappa shape index (κ2) is 5.27. The Hall–Kier alpha value is -2.08. The maximum atomic E-state index is 12.2. The Morgan fingerprint density at radius 1 is 1.21 bits per heavy atom. The highest BCUT2D eigenvalue weighted by atomic mass is 32.2. The van der Waals surface area contributed by atoms with Crippen LogP contribution in [0, 0.1) is 6.92 Å². The van der Waals surface area contributed by atoms with Crippen LogP contribution < -0.4 is 9.46 Å². The summed E-state index contributed by atoms with van der Waals surface area (Å²) in [4.78, 5) is 4.17. The van der Waals surface area contributed by atoms with Crippen LogP contribution in [-0.4, -0.2) is 20.5 Å². The van der Waals surface area contributed by atoms with E-state index in [1.807, 2.05) is 0 Å². The Bertz CT molecular complexity index is 684. The Balaban J connectivity index is 2.32. The van der Waals surface area contributed by atoms with Gasteiger partial charge in [-0.05, 0) is 31.2 Å². The molecule has 1 heterocycles. The van der Waals surface area contributed by atoms with Crippen LogP contribution in [0.25, 0.3) is 0 Å². The predicted octanol–water partition coefficient (Wildman–Crippen LogP) is 2.20. The summed E-state index contributed by atoms with van der Waals surface area (Å²) >= 11 is 0. The first-order valence-electron chi connectivity index (χ1n) is 5.61. The standard InChI is InChI=1S/C13H14N2O3S/c1-10-8-11(6-7-14-10)15-19(16,17)13-5-3-4-12(9-13)18-2/h3-9H,1-2H3,(H,14,15). The molecule has 2 aromatic rings. The third kappa shape index (κ3) is 3.23. The van der Waals surface area contributed by atoms with E-state index in [4.69, 9.17) is 4.74 Å². The molecule has 1 aromatic heterocycles. The molecule has 100 valence electrons. The van der Waals surface area contributed by atoms with Gasteiger partial charge in [0.05, 0.1) is 17.7 Å². The van der Waals surface area contributed by atoms with Crippen LogP contribution in [0.15, 0.2) is 47.5 Å². The number of ether oxygens (including phenoxy) is 1. The van der Waals surface area contributed by atoms with E-state index >= 15 is 0 Å². The molecule has 1 aromatic carbocycles. The number of aromatic nitrogens is 1. The van der Waals surface area contributed by atoms with Gasteiger partial charge in [0.2, 0.25) is 0 Å². The molecule has 19 heavy (non-hydrogen) atoms. The molecule has 1 N–H and O–H groups in total. The van der Waals surface area contributed by atoms with Gasteiger partial charge in [-0.3, -0.25) is 9.71 Å². The Morgan fingerprint density at radius 2 is 2.00 bits per heavy atom. The van der Waals surface area contributed by atoms with Gasteiger partial charge in [0.15, 0.2) is 0 Å². The van der Waals surface area contributed by atoms with Crippen LogP contribution in [0.2, 0.25) is 0 Å². The third-order valence-corrected chi connectivity index (χ3v) is 3.88. The number of anilines is 1. The Labute approximate surface area is 112 Å². The Kier molecular flexibility index (Phi) is 3.71. The summed E-state index contributed by atoms with van der Waals surface area (Å²) < 4.78 is 31.9. The van der Waals surface area contributed by atoms with Crippen molar-refractivity contribution in [3.8, 4) is 5.75 Å². The fraction of sp³-hybridized carbons (Fsp3) is 0.154. The van der Waals surface area contributed by atoms with Gasteiger partial charge in [-0.25, -0.2) is 8.42 Å². The zero-order valence-electron chi connectivity index (χ0n) is 10.6. The van der Waals surface area contributed by atoms with Crippen LogP contribution in [-0.2, 0) is 10.0 Å². The fourth-order valence-electron chi connectivity index (χ4n) is 1.59. The second-order valence-corrected chi connectivity index (χ2v) is 5.65. The van der Waals surface area contributed by atoms with E-state index in [9.17, 15) is 8.42 Å². The summed E-state index contributed by atoms with van der Waals surface area (Å²) in [5.74, 6) is 0.494. The number of hydrogen-bond donors (Lipinski definition) is 1. The lowest BCUT2D eigenvalue weighted by molar-refractivity contribution is 0.413. The molecular formula is C13H14N2O3S. The molecule has 0 saturated carbocycles. The van der Waals surface area contributed by atoms with Crippen LogP contribution in [0.4, 0.5) is 5.69 Å². The van der Waals surface area contributed by atoms with Crippen LogP contribution in [0.1, 0.15) is 5.69 Å². The van der Waals surface area contributed by atoms with Crippen molar-refractivity contribution in [2.75, 3.05) is 11.8 Å². The van der Waals surface area contributed by atoms with Gasteiger partial charge in [-0.2, -0.15) is 0 Å². The molecule has 0 fully saturated rings. The normalized spacial score (nSPS) is 11.1. The molecule has 2 rings (SSSR count). The molecule has 0 atom stereocenters. The van der Waals surface area contributed by atoms with Crippen LogP contribution in [0.3, 0.4) is 0 Å². The number of benzene rings is 1. The van der Waals surface area contributed by atoms with Gasteiger partial charge < -0.3 is 4.74 Å². The molecule has 0 spiro atoms. The van der Waals surface area contributed by atoms with Crippen molar-refractivity contribution in [2.24, 2.45) is 0 Å². The van der Waals surface area contributed by atoms with Crippen molar-refractivity contribution in [1.29, 1.82) is 0 Å². The summed E-state index contributed by atoms with van der Waals surface area (Å²) in [5, 5.41) is 0. The summed E-state index contributed by atoms with van der Waals surface area (Å²) in [6.45, 7) is 1.79. The van der Waals surface area contributed by atoms with E-state index < -0.39 is 10.0 Å². The highest BCUT2D eigenvalue weighted by molar-refractivity contribution is 7.92. The average Bonchev–Trinajstić information content (AvgIpc) is 2.38. The van der Waals surface area contributed by atoms with E-state index in [2.05, 4.69) is 9.71 Å². The van der Waals surface area contributed by atoms with E-state index in [1.54, 1.807) is 37.4 Å². The smallest absolute Gasteiger partial charge is 0.262 e. The second-order valence-electron chi connectivity index (χ2n) is 3.97. The average molecular weight is 278 g/mol. The molecule has 0 aliphatic heterocycles. The zero-order chi connectivity index (χ0) is 13.9. The van der Waals surface area contributed by atoms with E-state index in [0.717, 1.165) is 5.69 Å². The zero-order valence-corrected chi connectivity index (χ0v) is 11.4. The molecule has 6 heteroatoms. The molecule has 0 bridgehead atoms. The van der Waals surface area contributed by atoms with Gasteiger partial charge in [0.1, 0.15) is 5.75 Å². The first-order valence-corrected chi connectivity index (χ1v) is 7.09. The lowest BCUT2D eigenvalue weighted by Crippen LogP contribution is -2.13. The molecule has 0 saturated heterocycles. The van der Waals surface area contributed by atoms with E-state index in [0.29, 0.717) is 11.4 Å². The SMILES string of the molecule is COc1cccc(S(=O)(=O)Nc2ccnc(C)c2)c1. The molecule has 5 nitrogen and oxygen atoms in total. The molecule has 0 radical (unpaired) electrons. The van der Waals surface area contributed by atoms with Gasteiger partial charge >= 0.3 is 0 Å². The van der Waals surface area contributed by atoms with Crippen LogP contribution >= 0.6 is 0 Å². The molecule has 0 aliphatic rings. The summed E-state index contributed by atoms with van der Waals surface area (Å²) in [7, 11) is -2.13. The monoisotopic (exact) mass is 278 g/mol. The number of nitrogens with zero attached hydrogens (tertiary/aromatic N) is 1. The number of hydrogen-bond acceptors (Lipinski definition) is 4. The Morgan fingerprint density at radius 3 is 2.68 bits per heavy atom. The minimum absolute atomic E-state index is 0.154. The van der Waals surface area contributed by atoms with Gasteiger partial charge in [0.25, 0.3) is 10.0 Å². The molecule has 0 unspecified atom stereocenters. The fourth-order valence-corrected chi connectivity index (χ4v) is 2.68. The number of rotatable bonds is 4. The highest BCUT2D eigenvalue weighted by Gasteiger charge is 2.14. The van der Waals surface area contributed by atoms with Gasteiger partial charge in [-0.15, -0.1) is 0 Å². The van der Waals surface area contributed by atoms with Crippen molar-refractivity contribution in [3.63, 3.8) is 0 Å². The number of nitrogens with one attached hydrogen (secondary N) is 1. The van der Waals surface area contributed by atoms with Crippen molar-refractivity contribution in [1.82, 2.24) is 4.98 Å². The third-order valence-electron chi connectivity index (χ3n) is 2.50. The first-order chi connectivity index (χ1) is 9.01. The number of methoxy groups -OCH3 is 1. The van der Waals surface area contributed by atoms with E-state index in [-0.39, 0.29) is 4.90 Å². The first kappa shape index (κ1) is 13.4.